The molecule has 0 unspecified atom stereocenters. The van der Waals surface area contributed by atoms with Crippen LogP contribution in [0.5, 0.6) is 11.6 Å². The zero-order chi connectivity index (χ0) is 21.8. The maximum absolute atomic E-state index is 13.3. The van der Waals surface area contributed by atoms with Crippen molar-refractivity contribution in [1.82, 2.24) is 10.3 Å². The Bertz CT molecular complexity index is 1140. The molecule has 1 aliphatic rings. The van der Waals surface area contributed by atoms with Gasteiger partial charge in [-0.25, -0.2) is 9.37 Å². The molecule has 158 valence electrons. The smallest absolute Gasteiger partial charge is 0.263 e. The minimum absolute atomic E-state index is 0.184. The molecule has 0 aliphatic carbocycles. The van der Waals surface area contributed by atoms with Gasteiger partial charge in [-0.2, -0.15) is 0 Å². The molecule has 0 radical (unpaired) electrons. The van der Waals surface area contributed by atoms with Crippen LogP contribution in [0.1, 0.15) is 28.8 Å². The van der Waals surface area contributed by atoms with Crippen molar-refractivity contribution in [2.24, 2.45) is 0 Å². The second-order valence-electron chi connectivity index (χ2n) is 7.04. The average molecular weight is 440 g/mol. The summed E-state index contributed by atoms with van der Waals surface area (Å²) in [6.45, 7) is 0.530. The molecule has 2 heterocycles. The Morgan fingerprint density at radius 2 is 2.03 bits per heavy atom. The van der Waals surface area contributed by atoms with E-state index in [-0.39, 0.29) is 43.0 Å². The second kappa shape index (κ2) is 9.14. The number of halogens is 2. The molecule has 31 heavy (non-hydrogen) atoms. The summed E-state index contributed by atoms with van der Waals surface area (Å²) in [7, 11) is 0. The van der Waals surface area contributed by atoms with Gasteiger partial charge in [0, 0.05) is 30.7 Å². The van der Waals surface area contributed by atoms with Gasteiger partial charge in [-0.05, 0) is 54.4 Å². The third kappa shape index (κ3) is 4.83. The minimum atomic E-state index is -0.347. The SMILES string of the molecule is O=C(CCCN1C(=O)c2cccnc2Oc2ccc(Cl)cc21)NCc1cccc(F)c1. The van der Waals surface area contributed by atoms with Crippen LogP contribution in [0.3, 0.4) is 0 Å². The highest BCUT2D eigenvalue weighted by atomic mass is 35.5. The minimum Gasteiger partial charge on any atom is -0.436 e. The van der Waals surface area contributed by atoms with Gasteiger partial charge >= 0.3 is 0 Å². The lowest BCUT2D eigenvalue weighted by Crippen LogP contribution is -2.32. The van der Waals surface area contributed by atoms with Crippen LogP contribution >= 0.6 is 11.6 Å². The van der Waals surface area contributed by atoms with Gasteiger partial charge in [-0.15, -0.1) is 0 Å². The van der Waals surface area contributed by atoms with E-state index in [9.17, 15) is 14.0 Å². The topological polar surface area (TPSA) is 71.5 Å². The standard InChI is InChI=1S/C23H19ClFN3O3/c24-16-8-9-20-19(13-16)28(23(30)18-6-2-10-26-22(18)31-20)11-3-7-21(29)27-14-15-4-1-5-17(25)12-15/h1-2,4-6,8-10,12-13H,3,7,11,14H2,(H,27,29). The van der Waals surface area contributed by atoms with Gasteiger partial charge in [-0.3, -0.25) is 9.59 Å². The summed E-state index contributed by atoms with van der Waals surface area (Å²) >= 11 is 6.15. The van der Waals surface area contributed by atoms with Crippen LogP contribution in [-0.2, 0) is 11.3 Å². The number of ether oxygens (including phenoxy) is 1. The maximum atomic E-state index is 13.3. The van der Waals surface area contributed by atoms with E-state index in [2.05, 4.69) is 10.3 Å². The molecule has 2 amide bonds. The molecule has 0 spiro atoms. The van der Waals surface area contributed by atoms with Crippen molar-refractivity contribution in [3.63, 3.8) is 0 Å². The largest absolute Gasteiger partial charge is 0.436 e. The molecule has 8 heteroatoms. The fraction of sp³-hybridized carbons (Fsp3) is 0.174. The molecule has 6 nitrogen and oxygen atoms in total. The van der Waals surface area contributed by atoms with Crippen LogP contribution < -0.4 is 15.0 Å². The van der Waals surface area contributed by atoms with E-state index in [1.807, 2.05) is 0 Å². The summed E-state index contributed by atoms with van der Waals surface area (Å²) in [5, 5.41) is 3.23. The number of pyridine rings is 1. The number of benzene rings is 2. The summed E-state index contributed by atoms with van der Waals surface area (Å²) in [4.78, 5) is 31.1. The number of hydrogen-bond donors (Lipinski definition) is 1. The molecule has 0 saturated heterocycles. The third-order valence-electron chi connectivity index (χ3n) is 4.83. The molecule has 0 saturated carbocycles. The molecule has 1 N–H and O–H groups in total. The van der Waals surface area contributed by atoms with Gasteiger partial charge in [0.2, 0.25) is 11.8 Å². The van der Waals surface area contributed by atoms with E-state index in [1.165, 1.54) is 12.1 Å². The van der Waals surface area contributed by atoms with E-state index in [0.717, 1.165) is 0 Å². The van der Waals surface area contributed by atoms with Gasteiger partial charge in [0.15, 0.2) is 5.75 Å². The van der Waals surface area contributed by atoms with Crippen LogP contribution in [0.2, 0.25) is 5.02 Å². The molecule has 4 rings (SSSR count). The second-order valence-corrected chi connectivity index (χ2v) is 7.47. The molecule has 3 aromatic rings. The Kier molecular flexibility index (Phi) is 6.13. The zero-order valence-electron chi connectivity index (χ0n) is 16.5. The van der Waals surface area contributed by atoms with Crippen molar-refractivity contribution in [3.8, 4) is 11.6 Å². The van der Waals surface area contributed by atoms with E-state index in [0.29, 0.717) is 34.0 Å². The Morgan fingerprint density at radius 3 is 2.87 bits per heavy atom. The Hall–Kier alpha value is -3.45. The lowest BCUT2D eigenvalue weighted by atomic mass is 10.2. The van der Waals surface area contributed by atoms with Crippen molar-refractivity contribution < 1.29 is 18.7 Å². The van der Waals surface area contributed by atoms with E-state index < -0.39 is 0 Å². The third-order valence-corrected chi connectivity index (χ3v) is 5.06. The number of carbonyl (C=O) groups excluding carboxylic acids is 2. The first-order valence-corrected chi connectivity index (χ1v) is 10.1. The lowest BCUT2D eigenvalue weighted by Gasteiger charge is -2.22. The monoisotopic (exact) mass is 439 g/mol. The number of fused-ring (bicyclic) bond motifs is 2. The molecule has 0 fully saturated rings. The normalized spacial score (nSPS) is 12.5. The average Bonchev–Trinajstić information content (AvgIpc) is 2.87. The van der Waals surface area contributed by atoms with Crippen molar-refractivity contribution in [1.29, 1.82) is 0 Å². The van der Waals surface area contributed by atoms with Crippen LogP contribution in [-0.4, -0.2) is 23.3 Å². The number of nitrogens with one attached hydrogen (secondary N) is 1. The Morgan fingerprint density at radius 1 is 1.16 bits per heavy atom. The fourth-order valence-electron chi connectivity index (χ4n) is 3.34. The molecule has 1 aliphatic heterocycles. The molecule has 0 bridgehead atoms. The predicted octanol–water partition coefficient (Wildman–Crippen LogP) is 4.72. The first kappa shape index (κ1) is 20.8. The number of amides is 2. The van der Waals surface area contributed by atoms with E-state index >= 15 is 0 Å². The molecule has 0 atom stereocenters. The van der Waals surface area contributed by atoms with Gasteiger partial charge < -0.3 is 15.0 Å². The Balaban J connectivity index is 1.44. The number of carbonyl (C=O) groups is 2. The summed E-state index contributed by atoms with van der Waals surface area (Å²) in [6, 6.07) is 14.4. The molecular formula is C23H19ClFN3O3. The number of hydrogen-bond acceptors (Lipinski definition) is 4. The lowest BCUT2D eigenvalue weighted by molar-refractivity contribution is -0.121. The van der Waals surface area contributed by atoms with Crippen molar-refractivity contribution in [2.45, 2.75) is 19.4 Å². The summed E-state index contributed by atoms with van der Waals surface area (Å²) < 4.78 is 19.1. The van der Waals surface area contributed by atoms with E-state index in [4.69, 9.17) is 16.3 Å². The fourth-order valence-corrected chi connectivity index (χ4v) is 3.50. The molecule has 1 aromatic heterocycles. The van der Waals surface area contributed by atoms with Crippen molar-refractivity contribution >= 4 is 29.1 Å². The summed E-state index contributed by atoms with van der Waals surface area (Å²) in [5.41, 5.74) is 1.54. The number of anilines is 1. The van der Waals surface area contributed by atoms with Gasteiger partial charge in [-0.1, -0.05) is 23.7 Å². The van der Waals surface area contributed by atoms with Crippen LogP contribution in [0.15, 0.2) is 60.8 Å². The highest BCUT2D eigenvalue weighted by molar-refractivity contribution is 6.31. The van der Waals surface area contributed by atoms with Crippen LogP contribution in [0.25, 0.3) is 0 Å². The molecular weight excluding hydrogens is 421 g/mol. The van der Waals surface area contributed by atoms with Gasteiger partial charge in [0.1, 0.15) is 11.4 Å². The highest BCUT2D eigenvalue weighted by Gasteiger charge is 2.29. The van der Waals surface area contributed by atoms with Gasteiger partial charge in [0.25, 0.3) is 5.91 Å². The molecule has 2 aromatic carbocycles. The highest BCUT2D eigenvalue weighted by Crippen LogP contribution is 2.39. The van der Waals surface area contributed by atoms with Crippen molar-refractivity contribution in [3.05, 3.63) is 82.8 Å². The Labute approximate surface area is 183 Å². The van der Waals surface area contributed by atoms with Crippen molar-refractivity contribution in [2.75, 3.05) is 11.4 Å². The van der Waals surface area contributed by atoms with Crippen LogP contribution in [0.4, 0.5) is 10.1 Å². The number of rotatable bonds is 6. The summed E-state index contributed by atoms with van der Waals surface area (Å²) in [5.74, 6) is -0.113. The first-order valence-electron chi connectivity index (χ1n) is 9.77. The number of nitrogens with zero attached hydrogens (tertiary/aromatic N) is 2. The zero-order valence-corrected chi connectivity index (χ0v) is 17.2. The summed E-state index contributed by atoms with van der Waals surface area (Å²) in [6.07, 6.45) is 2.18. The first-order chi connectivity index (χ1) is 15.0. The number of aromatic nitrogens is 1. The quantitative estimate of drug-likeness (QED) is 0.603. The predicted molar refractivity (Wildman–Crippen MR) is 115 cm³/mol. The van der Waals surface area contributed by atoms with Gasteiger partial charge in [0.05, 0.1) is 5.69 Å². The van der Waals surface area contributed by atoms with Crippen LogP contribution in [0, 0.1) is 5.82 Å². The van der Waals surface area contributed by atoms with E-state index in [1.54, 1.807) is 53.6 Å². The maximum Gasteiger partial charge on any atom is 0.263 e.